The van der Waals surface area contributed by atoms with Gasteiger partial charge in [-0.15, -0.1) is 10.2 Å². The van der Waals surface area contributed by atoms with Gasteiger partial charge in [-0.1, -0.05) is 42.5 Å². The molecular formula is C24H24N4O3S. The number of fused-ring (bicyclic) bond motifs is 1. The van der Waals surface area contributed by atoms with Crippen LogP contribution in [0, 0.1) is 0 Å². The molecular weight excluding hydrogens is 424 g/mol. The van der Waals surface area contributed by atoms with Gasteiger partial charge in [0.2, 0.25) is 0 Å². The van der Waals surface area contributed by atoms with Crippen LogP contribution < -0.4 is 9.64 Å². The van der Waals surface area contributed by atoms with Gasteiger partial charge in [0.05, 0.1) is 18.1 Å². The fraction of sp³-hybridized carbons (Fsp3) is 0.250. The lowest BCUT2D eigenvalue weighted by Crippen LogP contribution is -2.36. The number of aromatic nitrogens is 3. The molecule has 0 amide bonds. The van der Waals surface area contributed by atoms with Gasteiger partial charge in [-0.3, -0.25) is 0 Å². The average molecular weight is 449 g/mol. The molecule has 5 rings (SSSR count). The molecule has 0 atom stereocenters. The molecule has 0 bridgehead atoms. The maximum Gasteiger partial charge on any atom is 0.196 e. The molecule has 0 unspecified atom stereocenters. The first-order valence-electron chi connectivity index (χ1n) is 10.5. The molecule has 0 spiro atoms. The van der Waals surface area contributed by atoms with Crippen molar-refractivity contribution in [2.45, 2.75) is 16.7 Å². The standard InChI is InChI=1S/C24H24N4O3S/c1-27-22(16-31-17-7-3-2-4-8-17)25-26-24(27)32-23-19-10-6-5-9-18(19)20(15-21(23)29)28-11-13-30-14-12-28/h2-10,15,29H,11-14,16H2,1H3. The Morgan fingerprint density at radius 2 is 1.72 bits per heavy atom. The lowest BCUT2D eigenvalue weighted by Gasteiger charge is -2.30. The minimum Gasteiger partial charge on any atom is -0.507 e. The summed E-state index contributed by atoms with van der Waals surface area (Å²) in [5.74, 6) is 1.73. The average Bonchev–Trinajstić information content (AvgIpc) is 3.19. The third kappa shape index (κ3) is 4.11. The molecule has 1 aliphatic rings. The van der Waals surface area contributed by atoms with Crippen molar-refractivity contribution in [3.8, 4) is 11.5 Å². The summed E-state index contributed by atoms with van der Waals surface area (Å²) in [5.41, 5.74) is 1.03. The lowest BCUT2D eigenvalue weighted by atomic mass is 10.1. The lowest BCUT2D eigenvalue weighted by molar-refractivity contribution is 0.123. The van der Waals surface area contributed by atoms with Crippen LogP contribution in [-0.4, -0.2) is 46.2 Å². The number of phenolic OH excluding ortho intramolecular Hbond substituents is 1. The maximum atomic E-state index is 11.0. The zero-order chi connectivity index (χ0) is 21.9. The van der Waals surface area contributed by atoms with Gasteiger partial charge >= 0.3 is 0 Å². The molecule has 7 nitrogen and oxygen atoms in total. The number of ether oxygens (including phenoxy) is 2. The summed E-state index contributed by atoms with van der Waals surface area (Å²) in [6, 6.07) is 19.6. The first-order chi connectivity index (χ1) is 15.7. The Kier molecular flexibility index (Phi) is 5.87. The Morgan fingerprint density at radius 3 is 2.50 bits per heavy atom. The summed E-state index contributed by atoms with van der Waals surface area (Å²) in [4.78, 5) is 3.03. The van der Waals surface area contributed by atoms with Crippen LogP contribution in [0.4, 0.5) is 5.69 Å². The van der Waals surface area contributed by atoms with Crippen LogP contribution in [0.5, 0.6) is 11.5 Å². The second-order valence-electron chi connectivity index (χ2n) is 7.55. The second-order valence-corrected chi connectivity index (χ2v) is 8.53. The van der Waals surface area contributed by atoms with E-state index < -0.39 is 0 Å². The number of morpholine rings is 1. The van der Waals surface area contributed by atoms with Gasteiger partial charge in [0.25, 0.3) is 0 Å². The third-order valence-corrected chi connectivity index (χ3v) is 6.71. The summed E-state index contributed by atoms with van der Waals surface area (Å²) >= 11 is 1.41. The predicted molar refractivity (Wildman–Crippen MR) is 125 cm³/mol. The summed E-state index contributed by atoms with van der Waals surface area (Å²) in [6.07, 6.45) is 0. The number of para-hydroxylation sites is 1. The number of rotatable bonds is 6. The van der Waals surface area contributed by atoms with Crippen molar-refractivity contribution in [1.29, 1.82) is 0 Å². The van der Waals surface area contributed by atoms with Crippen molar-refractivity contribution in [1.82, 2.24) is 14.8 Å². The van der Waals surface area contributed by atoms with E-state index in [-0.39, 0.29) is 5.75 Å². The van der Waals surface area contributed by atoms with Gasteiger partial charge in [0.1, 0.15) is 18.1 Å². The topological polar surface area (TPSA) is 72.6 Å². The number of anilines is 1. The van der Waals surface area contributed by atoms with Crippen molar-refractivity contribution in [3.05, 3.63) is 66.5 Å². The highest BCUT2D eigenvalue weighted by molar-refractivity contribution is 7.99. The normalized spacial score (nSPS) is 14.1. The Hall–Kier alpha value is -3.23. The first kappa shape index (κ1) is 20.7. The molecule has 1 saturated heterocycles. The zero-order valence-electron chi connectivity index (χ0n) is 17.8. The minimum absolute atomic E-state index is 0.236. The highest BCUT2D eigenvalue weighted by Crippen LogP contribution is 2.43. The zero-order valence-corrected chi connectivity index (χ0v) is 18.6. The van der Waals surface area contributed by atoms with E-state index in [1.807, 2.05) is 66.2 Å². The van der Waals surface area contributed by atoms with E-state index in [0.717, 1.165) is 40.2 Å². The molecule has 4 aromatic rings. The molecule has 1 aromatic heterocycles. The van der Waals surface area contributed by atoms with E-state index in [4.69, 9.17) is 9.47 Å². The number of nitrogens with zero attached hydrogens (tertiary/aromatic N) is 4. The molecule has 1 N–H and O–H groups in total. The van der Waals surface area contributed by atoms with Gasteiger partial charge in [-0.05, 0) is 23.9 Å². The van der Waals surface area contributed by atoms with E-state index in [1.165, 1.54) is 11.8 Å². The van der Waals surface area contributed by atoms with Crippen molar-refractivity contribution in [3.63, 3.8) is 0 Å². The van der Waals surface area contributed by atoms with E-state index in [1.54, 1.807) is 0 Å². The highest BCUT2D eigenvalue weighted by Gasteiger charge is 2.20. The minimum atomic E-state index is 0.236. The van der Waals surface area contributed by atoms with Crippen molar-refractivity contribution in [2.75, 3.05) is 31.2 Å². The van der Waals surface area contributed by atoms with Gasteiger partial charge in [0, 0.05) is 42.7 Å². The van der Waals surface area contributed by atoms with Crippen LogP contribution in [0.25, 0.3) is 10.8 Å². The Morgan fingerprint density at radius 1 is 1.00 bits per heavy atom. The quantitative estimate of drug-likeness (QED) is 0.473. The molecule has 3 aromatic carbocycles. The maximum absolute atomic E-state index is 11.0. The van der Waals surface area contributed by atoms with Crippen LogP contribution in [0.3, 0.4) is 0 Å². The van der Waals surface area contributed by atoms with Gasteiger partial charge in [0.15, 0.2) is 11.0 Å². The molecule has 1 aliphatic heterocycles. The van der Waals surface area contributed by atoms with Crippen LogP contribution in [0.15, 0.2) is 70.7 Å². The van der Waals surface area contributed by atoms with Crippen LogP contribution in [0.2, 0.25) is 0 Å². The first-order valence-corrected chi connectivity index (χ1v) is 11.3. The van der Waals surface area contributed by atoms with E-state index in [0.29, 0.717) is 30.8 Å². The molecule has 1 fully saturated rings. The number of phenols is 1. The van der Waals surface area contributed by atoms with Crippen molar-refractivity contribution < 1.29 is 14.6 Å². The second kappa shape index (κ2) is 9.10. The number of benzene rings is 3. The third-order valence-electron chi connectivity index (χ3n) is 5.54. The van der Waals surface area contributed by atoms with E-state index in [2.05, 4.69) is 21.2 Å². The van der Waals surface area contributed by atoms with Gasteiger partial charge < -0.3 is 24.0 Å². The van der Waals surface area contributed by atoms with Crippen LogP contribution in [0.1, 0.15) is 5.82 Å². The summed E-state index contributed by atoms with van der Waals surface area (Å²) in [5, 5.41) is 22.4. The molecule has 32 heavy (non-hydrogen) atoms. The summed E-state index contributed by atoms with van der Waals surface area (Å²) in [7, 11) is 1.91. The monoisotopic (exact) mass is 448 g/mol. The number of aromatic hydroxyl groups is 1. The Bertz CT molecular complexity index is 1220. The molecule has 0 saturated carbocycles. The van der Waals surface area contributed by atoms with Crippen LogP contribution >= 0.6 is 11.8 Å². The SMILES string of the molecule is Cn1c(COc2ccccc2)nnc1Sc1c(O)cc(N2CCOCC2)c2ccccc12. The molecule has 8 heteroatoms. The fourth-order valence-electron chi connectivity index (χ4n) is 3.80. The predicted octanol–water partition coefficient (Wildman–Crippen LogP) is 4.24. The largest absolute Gasteiger partial charge is 0.507 e. The van der Waals surface area contributed by atoms with Gasteiger partial charge in [-0.2, -0.15) is 0 Å². The Labute approximate surface area is 190 Å². The molecule has 0 aliphatic carbocycles. The van der Waals surface area contributed by atoms with Crippen molar-refractivity contribution in [2.24, 2.45) is 7.05 Å². The van der Waals surface area contributed by atoms with E-state index in [9.17, 15) is 5.11 Å². The van der Waals surface area contributed by atoms with E-state index >= 15 is 0 Å². The highest BCUT2D eigenvalue weighted by atomic mass is 32.2. The summed E-state index contributed by atoms with van der Waals surface area (Å²) < 4.78 is 13.2. The van der Waals surface area contributed by atoms with Crippen LogP contribution in [-0.2, 0) is 18.4 Å². The summed E-state index contributed by atoms with van der Waals surface area (Å²) in [6.45, 7) is 3.32. The Balaban J connectivity index is 1.43. The van der Waals surface area contributed by atoms with Crippen molar-refractivity contribution >= 4 is 28.2 Å². The number of hydrogen-bond acceptors (Lipinski definition) is 7. The molecule has 164 valence electrons. The van der Waals surface area contributed by atoms with Gasteiger partial charge in [-0.25, -0.2) is 0 Å². The molecule has 2 heterocycles. The smallest absolute Gasteiger partial charge is 0.196 e. The fourth-order valence-corrected chi connectivity index (χ4v) is 4.76. The molecule has 0 radical (unpaired) electrons. The number of hydrogen-bond donors (Lipinski definition) is 1.